The van der Waals surface area contributed by atoms with Gasteiger partial charge in [0.1, 0.15) is 0 Å². The highest BCUT2D eigenvalue weighted by Gasteiger charge is 2.30. The molecule has 2 heteroatoms. The third-order valence-electron chi connectivity index (χ3n) is 2.96. The second-order valence-corrected chi connectivity index (χ2v) is 4.02. The van der Waals surface area contributed by atoms with E-state index in [9.17, 15) is 0 Å². The zero-order valence-electron chi connectivity index (χ0n) is 7.79. The van der Waals surface area contributed by atoms with Crippen molar-refractivity contribution in [3.63, 3.8) is 0 Å². The molecule has 2 fully saturated rings. The molecule has 1 aliphatic carbocycles. The quantitative estimate of drug-likeness (QED) is 0.601. The van der Waals surface area contributed by atoms with E-state index >= 15 is 0 Å². The van der Waals surface area contributed by atoms with Crippen molar-refractivity contribution < 1.29 is 9.47 Å². The van der Waals surface area contributed by atoms with Crippen LogP contribution in [0, 0.1) is 5.92 Å². The van der Waals surface area contributed by atoms with Gasteiger partial charge >= 0.3 is 0 Å². The van der Waals surface area contributed by atoms with Crippen LogP contribution in [0.25, 0.3) is 0 Å². The van der Waals surface area contributed by atoms with Crippen molar-refractivity contribution in [1.82, 2.24) is 0 Å². The van der Waals surface area contributed by atoms with Crippen molar-refractivity contribution in [3.05, 3.63) is 0 Å². The fraction of sp³-hybridized carbons (Fsp3) is 1.00. The van der Waals surface area contributed by atoms with Crippen LogP contribution in [0.5, 0.6) is 0 Å². The van der Waals surface area contributed by atoms with Crippen LogP contribution in [0.2, 0.25) is 0 Å². The van der Waals surface area contributed by atoms with Crippen LogP contribution in [0.15, 0.2) is 0 Å². The average Bonchev–Trinajstić information content (AvgIpc) is 2.56. The van der Waals surface area contributed by atoms with Crippen molar-refractivity contribution >= 4 is 0 Å². The summed E-state index contributed by atoms with van der Waals surface area (Å²) in [5.74, 6) is 0.688. The van der Waals surface area contributed by atoms with Gasteiger partial charge in [-0.2, -0.15) is 0 Å². The predicted octanol–water partition coefficient (Wildman–Crippen LogP) is 2.33. The van der Waals surface area contributed by atoms with Gasteiger partial charge < -0.3 is 9.47 Å². The van der Waals surface area contributed by atoms with Gasteiger partial charge in [0.05, 0.1) is 12.7 Å². The molecule has 1 saturated carbocycles. The van der Waals surface area contributed by atoms with Gasteiger partial charge in [0, 0.05) is 5.92 Å². The molecule has 0 N–H and O–H groups in total. The summed E-state index contributed by atoms with van der Waals surface area (Å²) in [6.45, 7) is 3.03. The van der Waals surface area contributed by atoms with Crippen molar-refractivity contribution in [2.75, 3.05) is 6.61 Å². The minimum atomic E-state index is 0.122. The van der Waals surface area contributed by atoms with Crippen LogP contribution in [0.1, 0.15) is 39.0 Å². The molecule has 0 aromatic carbocycles. The Balaban J connectivity index is 1.85. The molecule has 0 amide bonds. The van der Waals surface area contributed by atoms with Crippen LogP contribution in [-0.2, 0) is 9.47 Å². The third kappa shape index (κ3) is 1.80. The summed E-state index contributed by atoms with van der Waals surface area (Å²) in [5.41, 5.74) is 0. The first-order valence-electron chi connectivity index (χ1n) is 5.13. The first kappa shape index (κ1) is 8.52. The smallest absolute Gasteiger partial charge is 0.160 e. The molecule has 0 spiro atoms. The first-order valence-corrected chi connectivity index (χ1v) is 5.13. The highest BCUT2D eigenvalue weighted by atomic mass is 16.7. The molecule has 1 heterocycles. The molecule has 1 saturated heterocycles. The van der Waals surface area contributed by atoms with Gasteiger partial charge in [-0.25, -0.2) is 0 Å². The maximum Gasteiger partial charge on any atom is 0.160 e. The van der Waals surface area contributed by atoms with Gasteiger partial charge in [0.15, 0.2) is 6.29 Å². The van der Waals surface area contributed by atoms with E-state index in [-0.39, 0.29) is 6.29 Å². The molecule has 70 valence electrons. The summed E-state index contributed by atoms with van der Waals surface area (Å²) in [6.07, 6.45) is 6.92. The van der Waals surface area contributed by atoms with Crippen LogP contribution in [-0.4, -0.2) is 19.0 Å². The lowest BCUT2D eigenvalue weighted by Crippen LogP contribution is -2.35. The molecular formula is C10H18O2. The van der Waals surface area contributed by atoms with E-state index in [1.54, 1.807) is 0 Å². The van der Waals surface area contributed by atoms with E-state index in [1.807, 2.05) is 0 Å². The highest BCUT2D eigenvalue weighted by Crippen LogP contribution is 2.32. The Morgan fingerprint density at radius 3 is 2.50 bits per heavy atom. The molecule has 2 aliphatic rings. The molecule has 0 aromatic rings. The van der Waals surface area contributed by atoms with E-state index < -0.39 is 0 Å². The second kappa shape index (κ2) is 3.75. The standard InChI is InChI=1S/C10H18O2/c1-8-6-7-11-10(12-8)9-4-2-3-5-9/h8-10H,2-7H2,1H3. The second-order valence-electron chi connectivity index (χ2n) is 4.02. The van der Waals surface area contributed by atoms with Crippen LogP contribution in [0.3, 0.4) is 0 Å². The molecule has 2 atom stereocenters. The maximum absolute atomic E-state index is 5.75. The minimum Gasteiger partial charge on any atom is -0.352 e. The van der Waals surface area contributed by atoms with Crippen molar-refractivity contribution in [2.45, 2.75) is 51.4 Å². The monoisotopic (exact) mass is 170 g/mol. The van der Waals surface area contributed by atoms with Gasteiger partial charge in [0.25, 0.3) is 0 Å². The normalized spacial score (nSPS) is 38.8. The predicted molar refractivity (Wildman–Crippen MR) is 46.9 cm³/mol. The third-order valence-corrected chi connectivity index (χ3v) is 2.96. The van der Waals surface area contributed by atoms with E-state index in [1.165, 1.54) is 25.7 Å². The van der Waals surface area contributed by atoms with Crippen molar-refractivity contribution in [2.24, 2.45) is 5.92 Å². The van der Waals surface area contributed by atoms with Crippen LogP contribution >= 0.6 is 0 Å². The molecule has 2 nitrogen and oxygen atoms in total. The number of ether oxygens (including phenoxy) is 2. The molecule has 0 aromatic heterocycles. The lowest BCUT2D eigenvalue weighted by Gasteiger charge is -2.31. The van der Waals surface area contributed by atoms with E-state index in [4.69, 9.17) is 9.47 Å². The largest absolute Gasteiger partial charge is 0.352 e. The molecule has 2 unspecified atom stereocenters. The minimum absolute atomic E-state index is 0.122. The first-order chi connectivity index (χ1) is 5.86. The number of hydrogen-bond acceptors (Lipinski definition) is 2. The Kier molecular flexibility index (Phi) is 2.66. The van der Waals surface area contributed by atoms with E-state index in [2.05, 4.69) is 6.92 Å². The van der Waals surface area contributed by atoms with Gasteiger partial charge in [-0.05, 0) is 26.2 Å². The summed E-state index contributed by atoms with van der Waals surface area (Å²) in [7, 11) is 0. The topological polar surface area (TPSA) is 18.5 Å². The zero-order valence-corrected chi connectivity index (χ0v) is 7.79. The van der Waals surface area contributed by atoms with Gasteiger partial charge in [0.2, 0.25) is 0 Å². The van der Waals surface area contributed by atoms with E-state index in [0.29, 0.717) is 12.0 Å². The van der Waals surface area contributed by atoms with Crippen LogP contribution in [0.4, 0.5) is 0 Å². The lowest BCUT2D eigenvalue weighted by atomic mass is 10.1. The number of hydrogen-bond donors (Lipinski definition) is 0. The van der Waals surface area contributed by atoms with Gasteiger partial charge in [-0.3, -0.25) is 0 Å². The molecule has 2 rings (SSSR count). The Morgan fingerprint density at radius 1 is 1.08 bits per heavy atom. The summed E-state index contributed by atoms with van der Waals surface area (Å²) in [5, 5.41) is 0. The number of rotatable bonds is 1. The Morgan fingerprint density at radius 2 is 1.83 bits per heavy atom. The fourth-order valence-corrected chi connectivity index (χ4v) is 2.16. The Bertz CT molecular complexity index is 141. The Labute approximate surface area is 74.2 Å². The SMILES string of the molecule is CC1CCOC(C2CCCC2)O1. The molecule has 0 radical (unpaired) electrons. The van der Waals surface area contributed by atoms with Gasteiger partial charge in [-0.15, -0.1) is 0 Å². The molecular weight excluding hydrogens is 152 g/mol. The van der Waals surface area contributed by atoms with Crippen LogP contribution < -0.4 is 0 Å². The fourth-order valence-electron chi connectivity index (χ4n) is 2.16. The summed E-state index contributed by atoms with van der Waals surface area (Å²) >= 11 is 0. The van der Waals surface area contributed by atoms with E-state index in [0.717, 1.165) is 13.0 Å². The lowest BCUT2D eigenvalue weighted by molar-refractivity contribution is -0.230. The molecule has 1 aliphatic heterocycles. The molecule has 0 bridgehead atoms. The summed E-state index contributed by atoms with van der Waals surface area (Å²) in [6, 6.07) is 0. The van der Waals surface area contributed by atoms with Gasteiger partial charge in [-0.1, -0.05) is 12.8 Å². The van der Waals surface area contributed by atoms with Crippen molar-refractivity contribution in [3.8, 4) is 0 Å². The molecule has 12 heavy (non-hydrogen) atoms. The van der Waals surface area contributed by atoms with Crippen molar-refractivity contribution in [1.29, 1.82) is 0 Å². The highest BCUT2D eigenvalue weighted by molar-refractivity contribution is 4.73. The average molecular weight is 170 g/mol. The zero-order chi connectivity index (χ0) is 8.39. The summed E-state index contributed by atoms with van der Waals surface area (Å²) < 4.78 is 11.4. The maximum atomic E-state index is 5.75. The summed E-state index contributed by atoms with van der Waals surface area (Å²) in [4.78, 5) is 0. The Hall–Kier alpha value is -0.0800.